The average molecular weight is 406 g/mol. The van der Waals surface area contributed by atoms with Crippen molar-refractivity contribution < 1.29 is 9.09 Å². The molecule has 1 aromatic rings. The summed E-state index contributed by atoms with van der Waals surface area (Å²) in [6.45, 7) is 6.89. The summed E-state index contributed by atoms with van der Waals surface area (Å²) in [5.41, 5.74) is 0. The van der Waals surface area contributed by atoms with Crippen LogP contribution in [0.1, 0.15) is 72.1 Å². The van der Waals surface area contributed by atoms with Crippen LogP contribution in [-0.4, -0.2) is 30.4 Å². The Kier molecular flexibility index (Phi) is 7.81. The largest absolute Gasteiger partial charge is 0.321 e. The second-order valence-corrected chi connectivity index (χ2v) is 12.0. The molecule has 0 saturated heterocycles. The Hall–Kier alpha value is -0.630. The van der Waals surface area contributed by atoms with Crippen LogP contribution in [0.3, 0.4) is 0 Å². The first-order valence-corrected chi connectivity index (χ1v) is 13.2. The van der Waals surface area contributed by atoms with Gasteiger partial charge in [-0.25, -0.2) is 0 Å². The third kappa shape index (κ3) is 5.49. The van der Waals surface area contributed by atoms with Crippen LogP contribution in [0.5, 0.6) is 0 Å². The lowest BCUT2D eigenvalue weighted by atomic mass is 9.75. The molecule has 0 aromatic heterocycles. The van der Waals surface area contributed by atoms with Gasteiger partial charge in [0.15, 0.2) is 0 Å². The predicted molar refractivity (Wildman–Crippen MR) is 119 cm³/mol. The van der Waals surface area contributed by atoms with E-state index in [4.69, 9.17) is 4.52 Å². The Morgan fingerprint density at radius 1 is 1.07 bits per heavy atom. The third-order valence-electron chi connectivity index (χ3n) is 7.02. The summed E-state index contributed by atoms with van der Waals surface area (Å²) < 4.78 is 21.0. The van der Waals surface area contributed by atoms with Crippen LogP contribution in [0.4, 0.5) is 0 Å². The van der Waals surface area contributed by atoms with Crippen molar-refractivity contribution in [3.8, 4) is 0 Å². The molecule has 4 heteroatoms. The molecule has 158 valence electrons. The van der Waals surface area contributed by atoms with Gasteiger partial charge in [-0.05, 0) is 62.6 Å². The fourth-order valence-corrected chi connectivity index (χ4v) is 7.69. The molecule has 0 spiro atoms. The van der Waals surface area contributed by atoms with Crippen molar-refractivity contribution in [2.45, 2.75) is 84.3 Å². The van der Waals surface area contributed by atoms with Crippen LogP contribution in [0.15, 0.2) is 30.3 Å². The van der Waals surface area contributed by atoms with Gasteiger partial charge in [0.2, 0.25) is 7.37 Å². The van der Waals surface area contributed by atoms with Crippen LogP contribution in [0, 0.1) is 17.8 Å². The number of benzene rings is 1. The van der Waals surface area contributed by atoms with Gasteiger partial charge < -0.3 is 4.52 Å². The van der Waals surface area contributed by atoms with Gasteiger partial charge in [-0.2, -0.15) is 0 Å². The second kappa shape index (κ2) is 9.92. The summed E-state index contributed by atoms with van der Waals surface area (Å²) in [5, 5.41) is 0.887. The SMILES string of the molecule is CC1CCC(C(C)C)C(OP(=O)(CN(C)C2CCCCC2)c2ccccc2)C1. The Bertz CT molecular complexity index is 641. The van der Waals surface area contributed by atoms with E-state index in [2.05, 4.69) is 32.7 Å². The first kappa shape index (κ1) is 22.1. The average Bonchev–Trinajstić information content (AvgIpc) is 2.69. The van der Waals surface area contributed by atoms with Gasteiger partial charge in [-0.1, -0.05) is 64.7 Å². The van der Waals surface area contributed by atoms with E-state index in [9.17, 15) is 4.57 Å². The summed E-state index contributed by atoms with van der Waals surface area (Å²) in [6, 6.07) is 10.5. The monoisotopic (exact) mass is 405 g/mol. The van der Waals surface area contributed by atoms with Gasteiger partial charge in [0.25, 0.3) is 0 Å². The second-order valence-electron chi connectivity index (χ2n) is 9.67. The summed E-state index contributed by atoms with van der Waals surface area (Å²) in [5.74, 6) is 1.73. The van der Waals surface area contributed by atoms with Crippen LogP contribution in [-0.2, 0) is 9.09 Å². The van der Waals surface area contributed by atoms with Crippen molar-refractivity contribution in [1.82, 2.24) is 4.90 Å². The lowest BCUT2D eigenvalue weighted by Crippen LogP contribution is -2.38. The normalized spacial score (nSPS) is 29.1. The van der Waals surface area contributed by atoms with Crippen LogP contribution in [0.25, 0.3) is 0 Å². The van der Waals surface area contributed by atoms with E-state index < -0.39 is 7.37 Å². The minimum Gasteiger partial charge on any atom is -0.321 e. The number of hydrogen-bond acceptors (Lipinski definition) is 3. The molecular formula is C24H40NO2P. The maximum absolute atomic E-state index is 14.3. The molecule has 2 aliphatic carbocycles. The minimum absolute atomic E-state index is 0.106. The zero-order valence-corrected chi connectivity index (χ0v) is 19.2. The zero-order valence-electron chi connectivity index (χ0n) is 18.3. The molecule has 3 nitrogen and oxygen atoms in total. The topological polar surface area (TPSA) is 29.5 Å². The molecule has 2 saturated carbocycles. The van der Waals surface area contributed by atoms with Gasteiger partial charge in [0.05, 0.1) is 12.4 Å². The molecule has 3 rings (SSSR count). The Morgan fingerprint density at radius 3 is 2.39 bits per heavy atom. The highest BCUT2D eigenvalue weighted by Crippen LogP contribution is 2.52. The van der Waals surface area contributed by atoms with Crippen molar-refractivity contribution in [3.05, 3.63) is 30.3 Å². The van der Waals surface area contributed by atoms with Crippen molar-refractivity contribution >= 4 is 12.7 Å². The van der Waals surface area contributed by atoms with Gasteiger partial charge in [0, 0.05) is 11.3 Å². The molecule has 28 heavy (non-hydrogen) atoms. The van der Waals surface area contributed by atoms with Crippen molar-refractivity contribution in [3.63, 3.8) is 0 Å². The van der Waals surface area contributed by atoms with Crippen LogP contribution >= 0.6 is 7.37 Å². The third-order valence-corrected chi connectivity index (χ3v) is 9.54. The molecule has 1 aromatic carbocycles. The summed E-state index contributed by atoms with van der Waals surface area (Å²) >= 11 is 0. The number of nitrogens with zero attached hydrogens (tertiary/aromatic N) is 1. The first-order chi connectivity index (χ1) is 13.4. The number of rotatable bonds is 7. The standard InChI is InChI=1S/C24H40NO2P/c1-19(2)23-16-15-20(3)17-24(23)27-28(26,22-13-9-6-10-14-22)18-25(4)21-11-7-5-8-12-21/h6,9-10,13-14,19-21,23-24H,5,7-8,11-12,15-18H2,1-4H3. The van der Waals surface area contributed by atoms with E-state index >= 15 is 0 Å². The van der Waals surface area contributed by atoms with Gasteiger partial charge >= 0.3 is 0 Å². The summed E-state index contributed by atoms with van der Waals surface area (Å²) in [4.78, 5) is 2.34. The van der Waals surface area contributed by atoms with Gasteiger partial charge in [-0.3, -0.25) is 9.46 Å². The molecule has 4 atom stereocenters. The molecule has 2 fully saturated rings. The molecule has 0 heterocycles. The molecule has 2 aliphatic rings. The van der Waals surface area contributed by atoms with Crippen molar-refractivity contribution in [2.75, 3.05) is 13.3 Å². The quantitative estimate of drug-likeness (QED) is 0.499. The highest BCUT2D eigenvalue weighted by molar-refractivity contribution is 7.66. The lowest BCUT2D eigenvalue weighted by Gasteiger charge is -2.40. The Labute approximate surface area is 172 Å². The Balaban J connectivity index is 1.82. The van der Waals surface area contributed by atoms with E-state index in [-0.39, 0.29) is 6.10 Å². The van der Waals surface area contributed by atoms with Crippen molar-refractivity contribution in [2.24, 2.45) is 17.8 Å². The molecule has 0 radical (unpaired) electrons. The molecule has 0 aliphatic heterocycles. The highest BCUT2D eigenvalue weighted by atomic mass is 31.2. The van der Waals surface area contributed by atoms with E-state index in [1.165, 1.54) is 44.9 Å². The maximum Gasteiger partial charge on any atom is 0.245 e. The van der Waals surface area contributed by atoms with E-state index in [1.807, 2.05) is 30.3 Å². The first-order valence-electron chi connectivity index (χ1n) is 11.4. The fourth-order valence-electron chi connectivity index (χ4n) is 5.22. The number of hydrogen-bond donors (Lipinski definition) is 0. The highest BCUT2D eigenvalue weighted by Gasteiger charge is 2.39. The van der Waals surface area contributed by atoms with E-state index in [0.717, 1.165) is 11.7 Å². The molecular weight excluding hydrogens is 365 g/mol. The summed E-state index contributed by atoms with van der Waals surface area (Å²) in [6.07, 6.45) is 10.5. The minimum atomic E-state index is -2.94. The van der Waals surface area contributed by atoms with Gasteiger partial charge in [0.1, 0.15) is 0 Å². The molecule has 0 N–H and O–H groups in total. The van der Waals surface area contributed by atoms with Gasteiger partial charge in [-0.15, -0.1) is 0 Å². The maximum atomic E-state index is 14.3. The van der Waals surface area contributed by atoms with Crippen LogP contribution < -0.4 is 5.30 Å². The van der Waals surface area contributed by atoms with E-state index in [0.29, 0.717) is 30.1 Å². The van der Waals surface area contributed by atoms with Crippen molar-refractivity contribution in [1.29, 1.82) is 0 Å². The smallest absolute Gasteiger partial charge is 0.245 e. The zero-order chi connectivity index (χ0) is 20.1. The fraction of sp³-hybridized carbons (Fsp3) is 0.750. The molecule has 0 bridgehead atoms. The summed E-state index contributed by atoms with van der Waals surface area (Å²) in [7, 11) is -0.789. The Morgan fingerprint density at radius 2 is 1.75 bits per heavy atom. The van der Waals surface area contributed by atoms with Crippen LogP contribution in [0.2, 0.25) is 0 Å². The lowest BCUT2D eigenvalue weighted by molar-refractivity contribution is 0.0474. The van der Waals surface area contributed by atoms with E-state index in [1.54, 1.807) is 0 Å². The molecule has 4 unspecified atom stereocenters. The molecule has 0 amide bonds. The predicted octanol–water partition coefficient (Wildman–Crippen LogP) is 6.29.